The Hall–Kier alpha value is -1.58. The highest BCUT2D eigenvalue weighted by atomic mass is 19.2. The summed E-state index contributed by atoms with van der Waals surface area (Å²) in [4.78, 5) is 0. The maximum absolute atomic E-state index is 14.1. The summed E-state index contributed by atoms with van der Waals surface area (Å²) in [5.41, 5.74) is 0. The van der Waals surface area contributed by atoms with E-state index in [0.717, 1.165) is 18.8 Å². The summed E-state index contributed by atoms with van der Waals surface area (Å²) in [5.74, 6) is -0.608. The molecule has 0 bridgehead atoms. The molecule has 0 amide bonds. The van der Waals surface area contributed by atoms with Gasteiger partial charge in [-0.25, -0.2) is 0 Å². The first-order valence-electron chi connectivity index (χ1n) is 10.1. The summed E-state index contributed by atoms with van der Waals surface area (Å²) in [5, 5.41) is 0. The van der Waals surface area contributed by atoms with Crippen LogP contribution in [0.25, 0.3) is 0 Å². The third kappa shape index (κ3) is 5.46. The van der Waals surface area contributed by atoms with Crippen LogP contribution in [0.15, 0.2) is 24.3 Å². The van der Waals surface area contributed by atoms with Gasteiger partial charge in [-0.05, 0) is 49.7 Å². The van der Waals surface area contributed by atoms with E-state index in [2.05, 4.69) is 6.08 Å². The van der Waals surface area contributed by atoms with Crippen LogP contribution in [0.4, 0.5) is 8.78 Å². The summed E-state index contributed by atoms with van der Waals surface area (Å²) >= 11 is 0. The van der Waals surface area contributed by atoms with Gasteiger partial charge < -0.3 is 9.47 Å². The number of hydrogen-bond donors (Lipinski definition) is 0. The fourth-order valence-electron chi connectivity index (χ4n) is 4.13. The lowest BCUT2D eigenvalue weighted by molar-refractivity contribution is 0.270. The molecule has 0 aliphatic heterocycles. The molecule has 2 fully saturated rings. The third-order valence-electron chi connectivity index (χ3n) is 5.64. The van der Waals surface area contributed by atoms with Crippen LogP contribution in [-0.2, 0) is 0 Å². The molecule has 2 saturated carbocycles. The van der Waals surface area contributed by atoms with Crippen molar-refractivity contribution in [1.29, 1.82) is 0 Å². The van der Waals surface area contributed by atoms with Crippen LogP contribution in [0, 0.1) is 23.5 Å². The average molecular weight is 364 g/mol. The van der Waals surface area contributed by atoms with Crippen molar-refractivity contribution in [3.05, 3.63) is 35.9 Å². The van der Waals surface area contributed by atoms with Gasteiger partial charge in [0.15, 0.2) is 11.5 Å². The first-order chi connectivity index (χ1) is 12.7. The van der Waals surface area contributed by atoms with Crippen molar-refractivity contribution in [2.45, 2.75) is 64.2 Å². The van der Waals surface area contributed by atoms with Crippen LogP contribution in [-0.4, -0.2) is 13.2 Å². The van der Waals surface area contributed by atoms with Gasteiger partial charge in [-0.3, -0.25) is 0 Å². The second kappa shape index (κ2) is 9.94. The Morgan fingerprint density at radius 1 is 0.885 bits per heavy atom. The highest BCUT2D eigenvalue weighted by molar-refractivity contribution is 5.35. The molecule has 0 aromatic heterocycles. The largest absolute Gasteiger partial charge is 0.490 e. The van der Waals surface area contributed by atoms with Gasteiger partial charge >= 0.3 is 0 Å². The first kappa shape index (κ1) is 19.2. The molecule has 0 spiro atoms. The molecule has 2 nitrogen and oxygen atoms in total. The van der Waals surface area contributed by atoms with Gasteiger partial charge in [0.2, 0.25) is 11.6 Å². The highest BCUT2D eigenvalue weighted by Crippen LogP contribution is 2.30. The number of hydrogen-bond acceptors (Lipinski definition) is 2. The monoisotopic (exact) mass is 364 g/mol. The van der Waals surface area contributed by atoms with E-state index < -0.39 is 11.6 Å². The maximum Gasteiger partial charge on any atom is 0.204 e. The van der Waals surface area contributed by atoms with E-state index in [-0.39, 0.29) is 18.1 Å². The van der Waals surface area contributed by atoms with E-state index in [1.54, 1.807) is 0 Å². The summed E-state index contributed by atoms with van der Waals surface area (Å²) in [7, 11) is 0. The van der Waals surface area contributed by atoms with E-state index in [4.69, 9.17) is 9.47 Å². The van der Waals surface area contributed by atoms with Gasteiger partial charge in [-0.1, -0.05) is 50.7 Å². The topological polar surface area (TPSA) is 18.5 Å². The molecule has 2 aliphatic carbocycles. The predicted octanol–water partition coefficient (Wildman–Crippen LogP) is 6.44. The van der Waals surface area contributed by atoms with Crippen molar-refractivity contribution >= 4 is 0 Å². The maximum atomic E-state index is 14.1. The molecular formula is C22H30F2O2. The molecule has 1 aromatic carbocycles. The zero-order chi connectivity index (χ0) is 18.2. The van der Waals surface area contributed by atoms with Crippen molar-refractivity contribution in [2.24, 2.45) is 11.8 Å². The van der Waals surface area contributed by atoms with Crippen molar-refractivity contribution in [3.8, 4) is 11.5 Å². The molecule has 0 atom stereocenters. The fourth-order valence-corrected chi connectivity index (χ4v) is 4.13. The lowest BCUT2D eigenvalue weighted by Gasteiger charge is -2.12. The van der Waals surface area contributed by atoms with Crippen LogP contribution in [0.5, 0.6) is 11.5 Å². The normalized spacial score (nSPS) is 18.8. The quantitative estimate of drug-likeness (QED) is 0.371. The van der Waals surface area contributed by atoms with Crippen LogP contribution in [0.2, 0.25) is 0 Å². The molecule has 3 rings (SSSR count). The molecule has 0 N–H and O–H groups in total. The first-order valence-corrected chi connectivity index (χ1v) is 10.1. The third-order valence-corrected chi connectivity index (χ3v) is 5.64. The lowest BCUT2D eigenvalue weighted by Crippen LogP contribution is -2.05. The van der Waals surface area contributed by atoms with Gasteiger partial charge in [-0.15, -0.1) is 0 Å². The molecule has 2 aliphatic rings. The lowest BCUT2D eigenvalue weighted by atomic mass is 10.0. The van der Waals surface area contributed by atoms with Gasteiger partial charge in [0, 0.05) is 0 Å². The minimum atomic E-state index is -0.965. The molecule has 0 radical (unpaired) electrons. The Bertz CT molecular complexity index is 588. The average Bonchev–Trinajstić information content (AvgIpc) is 3.34. The van der Waals surface area contributed by atoms with Crippen LogP contribution < -0.4 is 9.47 Å². The van der Waals surface area contributed by atoms with E-state index in [0.29, 0.717) is 12.5 Å². The number of rotatable bonds is 9. The van der Waals surface area contributed by atoms with Crippen molar-refractivity contribution in [2.75, 3.05) is 13.2 Å². The second-order valence-electron chi connectivity index (χ2n) is 7.61. The Morgan fingerprint density at radius 2 is 1.50 bits per heavy atom. The number of halogens is 2. The highest BCUT2D eigenvalue weighted by Gasteiger charge is 2.17. The molecule has 26 heavy (non-hydrogen) atoms. The van der Waals surface area contributed by atoms with E-state index >= 15 is 0 Å². The summed E-state index contributed by atoms with van der Waals surface area (Å²) in [6, 6.07) is 2.91. The Balaban J connectivity index is 1.42. The Kier molecular flexibility index (Phi) is 7.33. The Labute approximate surface area is 155 Å². The minimum absolute atomic E-state index is 0.0252. The molecule has 4 heteroatoms. The van der Waals surface area contributed by atoms with Gasteiger partial charge in [-0.2, -0.15) is 8.78 Å². The van der Waals surface area contributed by atoms with E-state index in [1.165, 1.54) is 63.5 Å². The Morgan fingerprint density at radius 3 is 2.19 bits per heavy atom. The zero-order valence-corrected chi connectivity index (χ0v) is 15.5. The zero-order valence-electron chi connectivity index (χ0n) is 15.5. The SMILES string of the molecule is Fc1c(OC/C=C/C2CCCC2)ccc(OCCCC2CCCC2)c1F. The summed E-state index contributed by atoms with van der Waals surface area (Å²) in [6.07, 6.45) is 16.2. The van der Waals surface area contributed by atoms with E-state index in [9.17, 15) is 8.78 Å². The van der Waals surface area contributed by atoms with Crippen LogP contribution >= 0.6 is 0 Å². The summed E-state index contributed by atoms with van der Waals surface area (Å²) < 4.78 is 39.1. The minimum Gasteiger partial charge on any atom is -0.490 e. The molecular weight excluding hydrogens is 334 g/mol. The van der Waals surface area contributed by atoms with Crippen molar-refractivity contribution in [3.63, 3.8) is 0 Å². The summed E-state index contributed by atoms with van der Waals surface area (Å²) in [6.45, 7) is 0.686. The van der Waals surface area contributed by atoms with E-state index in [1.807, 2.05) is 6.08 Å². The molecule has 0 heterocycles. The fraction of sp³-hybridized carbons (Fsp3) is 0.636. The van der Waals surface area contributed by atoms with Gasteiger partial charge in [0.1, 0.15) is 6.61 Å². The number of ether oxygens (including phenoxy) is 2. The number of allylic oxidation sites excluding steroid dienone is 1. The van der Waals surface area contributed by atoms with Crippen molar-refractivity contribution < 1.29 is 18.3 Å². The smallest absolute Gasteiger partial charge is 0.204 e. The van der Waals surface area contributed by atoms with Gasteiger partial charge in [0.25, 0.3) is 0 Å². The molecule has 1 aromatic rings. The molecule has 0 saturated heterocycles. The number of benzene rings is 1. The van der Waals surface area contributed by atoms with Crippen LogP contribution in [0.3, 0.4) is 0 Å². The van der Waals surface area contributed by atoms with Gasteiger partial charge in [0.05, 0.1) is 6.61 Å². The standard InChI is InChI=1S/C22H30F2O2/c23-21-19(25-15-5-11-17-7-1-2-8-17)13-14-20(22(21)24)26-16-6-12-18-9-3-4-10-18/h5,11,13-14,17-18H,1-4,6-10,12,15-16H2/b11-5+. The predicted molar refractivity (Wildman–Crippen MR) is 99.6 cm³/mol. The van der Waals surface area contributed by atoms with Crippen LogP contribution in [0.1, 0.15) is 64.2 Å². The molecule has 144 valence electrons. The van der Waals surface area contributed by atoms with Crippen molar-refractivity contribution in [1.82, 2.24) is 0 Å². The second-order valence-corrected chi connectivity index (χ2v) is 7.61. The molecule has 0 unspecified atom stereocenters.